The van der Waals surface area contributed by atoms with Gasteiger partial charge in [0, 0.05) is 16.9 Å². The largest absolute Gasteiger partial charge is 0.289 e. The Labute approximate surface area is 145 Å². The number of nitrogens with zero attached hydrogens (tertiary/aromatic N) is 3. The van der Waals surface area contributed by atoms with Crippen molar-refractivity contribution < 1.29 is 4.79 Å². The van der Waals surface area contributed by atoms with Crippen LogP contribution in [0.15, 0.2) is 44.0 Å². The molecule has 1 saturated heterocycles. The maximum Gasteiger partial charge on any atom is 0.266 e. The van der Waals surface area contributed by atoms with Crippen LogP contribution < -0.4 is 0 Å². The number of thiazole rings is 1. The Balaban J connectivity index is 1.88. The first kappa shape index (κ1) is 15.5. The van der Waals surface area contributed by atoms with Crippen LogP contribution >= 0.6 is 39.0 Å². The summed E-state index contributed by atoms with van der Waals surface area (Å²) in [7, 11) is 1.73. The van der Waals surface area contributed by atoms with Gasteiger partial charge in [0.1, 0.15) is 0 Å². The number of hydrogen-bond donors (Lipinski definition) is 0. The zero-order valence-electron chi connectivity index (χ0n) is 11.9. The van der Waals surface area contributed by atoms with Crippen LogP contribution in [0.2, 0.25) is 0 Å². The molecule has 0 atom stereocenters. The van der Waals surface area contributed by atoms with E-state index < -0.39 is 0 Å². The molecule has 1 amide bonds. The van der Waals surface area contributed by atoms with Crippen LogP contribution in [0, 0.1) is 6.92 Å². The van der Waals surface area contributed by atoms with Gasteiger partial charge in [-0.05, 0) is 42.5 Å². The highest BCUT2D eigenvalue weighted by atomic mass is 79.9. The third-order valence-corrected chi connectivity index (χ3v) is 5.41. The Morgan fingerprint density at radius 2 is 2.05 bits per heavy atom. The van der Waals surface area contributed by atoms with Crippen LogP contribution in [0.5, 0.6) is 0 Å². The second kappa shape index (κ2) is 6.36. The average Bonchev–Trinajstić information content (AvgIpc) is 3.01. The molecule has 2 aromatic rings. The fraction of sp³-hybridized carbons (Fsp3) is 0.133. The summed E-state index contributed by atoms with van der Waals surface area (Å²) in [5.74, 6) is -0.0417. The van der Waals surface area contributed by atoms with Crippen LogP contribution in [0.4, 0.5) is 5.13 Å². The van der Waals surface area contributed by atoms with Crippen LogP contribution in [-0.4, -0.2) is 28.0 Å². The zero-order valence-corrected chi connectivity index (χ0v) is 15.1. The second-order valence-electron chi connectivity index (χ2n) is 4.69. The first-order valence-corrected chi connectivity index (χ1v) is 8.96. The molecule has 1 aliphatic heterocycles. The number of aliphatic imine (C=N–C) groups is 1. The predicted molar refractivity (Wildman–Crippen MR) is 96.4 cm³/mol. The lowest BCUT2D eigenvalue weighted by molar-refractivity contribution is -0.121. The molecule has 1 aromatic heterocycles. The SMILES string of the molecule is Cc1csc(/N=C2/S/C(=C\c3ccc(Br)cc3)C(=O)N2C)n1. The quantitative estimate of drug-likeness (QED) is 0.707. The van der Waals surface area contributed by atoms with Crippen molar-refractivity contribution in [3.05, 3.63) is 50.3 Å². The monoisotopic (exact) mass is 393 g/mol. The van der Waals surface area contributed by atoms with Crippen molar-refractivity contribution in [3.63, 3.8) is 0 Å². The van der Waals surface area contributed by atoms with E-state index in [4.69, 9.17) is 0 Å². The van der Waals surface area contributed by atoms with Gasteiger partial charge in [-0.1, -0.05) is 28.1 Å². The lowest BCUT2D eigenvalue weighted by Gasteiger charge is -2.05. The highest BCUT2D eigenvalue weighted by molar-refractivity contribution is 9.10. The first-order chi connectivity index (χ1) is 10.5. The zero-order chi connectivity index (χ0) is 15.7. The fourth-order valence-corrected chi connectivity index (χ4v) is 3.79. The van der Waals surface area contributed by atoms with Gasteiger partial charge < -0.3 is 0 Å². The van der Waals surface area contributed by atoms with Crippen LogP contribution in [0.1, 0.15) is 11.3 Å². The van der Waals surface area contributed by atoms with Gasteiger partial charge in [-0.2, -0.15) is 4.99 Å². The number of amidine groups is 1. The number of amides is 1. The fourth-order valence-electron chi connectivity index (χ4n) is 1.84. The smallest absolute Gasteiger partial charge is 0.266 e. The Kier molecular flexibility index (Phi) is 4.46. The molecule has 0 aliphatic carbocycles. The molecule has 0 N–H and O–H groups in total. The lowest BCUT2D eigenvalue weighted by atomic mass is 10.2. The number of carbonyl (C=O) groups is 1. The maximum atomic E-state index is 12.3. The molecule has 0 unspecified atom stereocenters. The van der Waals surface area contributed by atoms with Gasteiger partial charge >= 0.3 is 0 Å². The van der Waals surface area contributed by atoms with Crippen molar-refractivity contribution >= 4 is 61.3 Å². The maximum absolute atomic E-state index is 12.3. The van der Waals surface area contributed by atoms with E-state index >= 15 is 0 Å². The molecule has 2 heterocycles. The summed E-state index contributed by atoms with van der Waals surface area (Å²) in [4.78, 5) is 23.3. The summed E-state index contributed by atoms with van der Waals surface area (Å²) in [6.45, 7) is 1.93. The Morgan fingerprint density at radius 1 is 1.32 bits per heavy atom. The number of likely N-dealkylation sites (N-methyl/N-ethyl adjacent to an activating group) is 1. The summed E-state index contributed by atoms with van der Waals surface area (Å²) in [6, 6.07) is 7.83. The van der Waals surface area contributed by atoms with E-state index in [1.165, 1.54) is 23.1 Å². The van der Waals surface area contributed by atoms with Crippen molar-refractivity contribution in [2.75, 3.05) is 7.05 Å². The van der Waals surface area contributed by atoms with Crippen LogP contribution in [-0.2, 0) is 4.79 Å². The second-order valence-corrected chi connectivity index (χ2v) is 7.45. The highest BCUT2D eigenvalue weighted by Gasteiger charge is 2.30. The van der Waals surface area contributed by atoms with Gasteiger partial charge in [-0.15, -0.1) is 11.3 Å². The van der Waals surface area contributed by atoms with E-state index in [1.54, 1.807) is 11.9 Å². The van der Waals surface area contributed by atoms with Gasteiger partial charge in [0.05, 0.1) is 10.6 Å². The summed E-state index contributed by atoms with van der Waals surface area (Å²) >= 11 is 6.25. The van der Waals surface area contributed by atoms with E-state index in [0.717, 1.165) is 15.7 Å². The van der Waals surface area contributed by atoms with Crippen molar-refractivity contribution in [1.29, 1.82) is 0 Å². The standard InChI is InChI=1S/C15H12BrN3OS2/c1-9-8-21-14(17-9)18-15-19(2)13(20)12(22-15)7-10-3-5-11(16)6-4-10/h3-8H,1-2H3/b12-7-,18-15+. The highest BCUT2D eigenvalue weighted by Crippen LogP contribution is 2.33. The number of thioether (sulfide) groups is 1. The van der Waals surface area contributed by atoms with E-state index in [2.05, 4.69) is 25.9 Å². The average molecular weight is 394 g/mol. The molecule has 4 nitrogen and oxygen atoms in total. The summed E-state index contributed by atoms with van der Waals surface area (Å²) in [5.41, 5.74) is 1.92. The van der Waals surface area contributed by atoms with E-state index in [9.17, 15) is 4.79 Å². The van der Waals surface area contributed by atoms with E-state index in [1.807, 2.05) is 42.6 Å². The topological polar surface area (TPSA) is 45.6 Å². The summed E-state index contributed by atoms with van der Waals surface area (Å²) in [5, 5.41) is 3.27. The van der Waals surface area contributed by atoms with Crippen LogP contribution in [0.25, 0.3) is 6.08 Å². The van der Waals surface area contributed by atoms with Crippen LogP contribution in [0.3, 0.4) is 0 Å². The number of benzene rings is 1. The minimum absolute atomic E-state index is 0.0417. The summed E-state index contributed by atoms with van der Waals surface area (Å²) in [6.07, 6.45) is 1.88. The predicted octanol–water partition coefficient (Wildman–Crippen LogP) is 4.45. The molecule has 1 aliphatic rings. The molecule has 1 aromatic carbocycles. The molecule has 0 radical (unpaired) electrons. The molecular formula is C15H12BrN3OS2. The molecule has 1 fully saturated rings. The Morgan fingerprint density at radius 3 is 2.68 bits per heavy atom. The third-order valence-electron chi connectivity index (χ3n) is 2.97. The Hall–Kier alpha value is -1.44. The van der Waals surface area contributed by atoms with Gasteiger partial charge in [0.2, 0.25) is 5.13 Å². The third kappa shape index (κ3) is 3.31. The number of carbonyl (C=O) groups excluding carboxylic acids is 1. The lowest BCUT2D eigenvalue weighted by Crippen LogP contribution is -2.23. The Bertz CT molecular complexity index is 780. The van der Waals surface area contributed by atoms with Crippen molar-refractivity contribution in [2.24, 2.45) is 4.99 Å². The molecule has 22 heavy (non-hydrogen) atoms. The molecular weight excluding hydrogens is 382 g/mol. The number of aryl methyl sites for hydroxylation is 1. The van der Waals surface area contributed by atoms with Gasteiger partial charge in [-0.3, -0.25) is 9.69 Å². The van der Waals surface area contributed by atoms with Gasteiger partial charge in [-0.25, -0.2) is 4.98 Å². The van der Waals surface area contributed by atoms with Crippen molar-refractivity contribution in [1.82, 2.24) is 9.88 Å². The molecule has 7 heteroatoms. The van der Waals surface area contributed by atoms with Crippen molar-refractivity contribution in [2.45, 2.75) is 6.92 Å². The normalized spacial score (nSPS) is 18.7. The number of aromatic nitrogens is 1. The number of rotatable bonds is 2. The van der Waals surface area contributed by atoms with Gasteiger partial charge in [0.15, 0.2) is 5.17 Å². The molecule has 3 rings (SSSR count). The van der Waals surface area contributed by atoms with Gasteiger partial charge in [0.25, 0.3) is 5.91 Å². The minimum atomic E-state index is -0.0417. The molecule has 0 bridgehead atoms. The first-order valence-electron chi connectivity index (χ1n) is 6.47. The molecule has 0 saturated carbocycles. The van der Waals surface area contributed by atoms with Crippen molar-refractivity contribution in [3.8, 4) is 0 Å². The van der Waals surface area contributed by atoms with E-state index in [0.29, 0.717) is 15.2 Å². The molecule has 0 spiro atoms. The summed E-state index contributed by atoms with van der Waals surface area (Å²) < 4.78 is 1.01. The minimum Gasteiger partial charge on any atom is -0.289 e. The van der Waals surface area contributed by atoms with E-state index in [-0.39, 0.29) is 5.91 Å². The number of hydrogen-bond acceptors (Lipinski definition) is 5. The molecule has 112 valence electrons. The number of halogens is 1.